The predicted molar refractivity (Wildman–Crippen MR) is 77.5 cm³/mol. The summed E-state index contributed by atoms with van der Waals surface area (Å²) in [6, 6.07) is 9.38. The van der Waals surface area contributed by atoms with Gasteiger partial charge in [0.15, 0.2) is 0 Å². The molecule has 0 aliphatic rings. The van der Waals surface area contributed by atoms with Crippen molar-refractivity contribution in [2.24, 2.45) is 5.73 Å². The molecule has 3 nitrogen and oxygen atoms in total. The van der Waals surface area contributed by atoms with Gasteiger partial charge in [0.1, 0.15) is 5.75 Å². The molecule has 19 heavy (non-hydrogen) atoms. The third kappa shape index (κ3) is 3.46. The quantitative estimate of drug-likeness (QED) is 0.908. The summed E-state index contributed by atoms with van der Waals surface area (Å²) in [6.45, 7) is 2.80. The first-order valence-electron chi connectivity index (χ1n) is 6.30. The summed E-state index contributed by atoms with van der Waals surface area (Å²) < 4.78 is 5.54. The van der Waals surface area contributed by atoms with Gasteiger partial charge in [0.2, 0.25) is 0 Å². The van der Waals surface area contributed by atoms with E-state index in [0.717, 1.165) is 29.9 Å². The molecule has 0 amide bonds. The molecule has 1 atom stereocenters. The van der Waals surface area contributed by atoms with Gasteiger partial charge in [-0.2, -0.15) is 0 Å². The van der Waals surface area contributed by atoms with Gasteiger partial charge in [0, 0.05) is 12.4 Å². The number of nitrogens with two attached hydrogens (primary N) is 1. The molecule has 2 rings (SSSR count). The molecular formula is C15H17ClN2O. The summed E-state index contributed by atoms with van der Waals surface area (Å²) in [4.78, 5) is 3.96. The highest BCUT2D eigenvalue weighted by Gasteiger charge is 2.12. The molecule has 1 unspecified atom stereocenters. The number of pyridine rings is 1. The van der Waals surface area contributed by atoms with Crippen LogP contribution in [0.5, 0.6) is 5.75 Å². The lowest BCUT2D eigenvalue weighted by molar-refractivity contribution is 0.317. The van der Waals surface area contributed by atoms with Crippen LogP contribution in [0.3, 0.4) is 0 Å². The van der Waals surface area contributed by atoms with Crippen LogP contribution in [0.4, 0.5) is 0 Å². The van der Waals surface area contributed by atoms with E-state index in [1.807, 2.05) is 30.3 Å². The third-order valence-electron chi connectivity index (χ3n) is 2.85. The zero-order valence-electron chi connectivity index (χ0n) is 10.8. The Bertz CT molecular complexity index is 528. The number of ether oxygens (including phenoxy) is 1. The standard InChI is InChI=1S/C15H17ClN2O/c1-2-9-19-12-5-3-11(4-6-12)15(17)13-7-8-18-10-14(13)16/h3-8,10,15H,2,9,17H2,1H3. The molecule has 2 aromatic rings. The van der Waals surface area contributed by atoms with E-state index in [2.05, 4.69) is 11.9 Å². The molecule has 2 N–H and O–H groups in total. The molecular weight excluding hydrogens is 260 g/mol. The lowest BCUT2D eigenvalue weighted by atomic mass is 10.0. The maximum absolute atomic E-state index is 6.21. The van der Waals surface area contributed by atoms with Crippen molar-refractivity contribution in [2.75, 3.05) is 6.61 Å². The molecule has 0 fully saturated rings. The van der Waals surface area contributed by atoms with Crippen molar-refractivity contribution in [3.05, 3.63) is 58.9 Å². The molecule has 0 saturated heterocycles. The molecule has 0 spiro atoms. The van der Waals surface area contributed by atoms with Crippen molar-refractivity contribution in [1.29, 1.82) is 0 Å². The molecule has 0 bridgehead atoms. The van der Waals surface area contributed by atoms with E-state index in [1.165, 1.54) is 0 Å². The Balaban J connectivity index is 2.16. The number of nitrogens with zero attached hydrogens (tertiary/aromatic N) is 1. The van der Waals surface area contributed by atoms with Crippen LogP contribution in [0.25, 0.3) is 0 Å². The van der Waals surface area contributed by atoms with Crippen LogP contribution >= 0.6 is 11.6 Å². The number of benzene rings is 1. The smallest absolute Gasteiger partial charge is 0.119 e. The highest BCUT2D eigenvalue weighted by Crippen LogP contribution is 2.26. The van der Waals surface area contributed by atoms with Crippen LogP contribution in [0, 0.1) is 0 Å². The summed E-state index contributed by atoms with van der Waals surface area (Å²) >= 11 is 6.10. The second-order valence-electron chi connectivity index (χ2n) is 4.29. The Hall–Kier alpha value is -1.58. The average molecular weight is 277 g/mol. The van der Waals surface area contributed by atoms with Crippen LogP contribution in [0.15, 0.2) is 42.7 Å². The number of hydrogen-bond donors (Lipinski definition) is 1. The molecule has 100 valence electrons. The fraction of sp³-hybridized carbons (Fsp3) is 0.267. The molecule has 0 aliphatic carbocycles. The predicted octanol–water partition coefficient (Wildman–Crippen LogP) is 3.57. The SMILES string of the molecule is CCCOc1ccc(C(N)c2ccncc2Cl)cc1. The molecule has 0 radical (unpaired) electrons. The van der Waals surface area contributed by atoms with Crippen LogP contribution in [-0.2, 0) is 0 Å². The lowest BCUT2D eigenvalue weighted by Gasteiger charge is -2.14. The van der Waals surface area contributed by atoms with E-state index < -0.39 is 0 Å². The molecule has 1 heterocycles. The first-order chi connectivity index (χ1) is 9.22. The zero-order valence-corrected chi connectivity index (χ0v) is 11.6. The van der Waals surface area contributed by atoms with Gasteiger partial charge in [-0.25, -0.2) is 0 Å². The van der Waals surface area contributed by atoms with Crippen LogP contribution in [0.1, 0.15) is 30.5 Å². The number of aromatic nitrogens is 1. The van der Waals surface area contributed by atoms with Gasteiger partial charge in [-0.05, 0) is 35.7 Å². The molecule has 0 saturated carbocycles. The molecule has 0 aliphatic heterocycles. The minimum Gasteiger partial charge on any atom is -0.494 e. The summed E-state index contributed by atoms with van der Waals surface area (Å²) in [7, 11) is 0. The minimum absolute atomic E-state index is 0.254. The largest absolute Gasteiger partial charge is 0.494 e. The van der Waals surface area contributed by atoms with Gasteiger partial charge in [-0.3, -0.25) is 4.98 Å². The van der Waals surface area contributed by atoms with Gasteiger partial charge in [0.25, 0.3) is 0 Å². The zero-order chi connectivity index (χ0) is 13.7. The fourth-order valence-corrected chi connectivity index (χ4v) is 2.05. The average Bonchev–Trinajstić information content (AvgIpc) is 2.45. The normalized spacial score (nSPS) is 12.2. The lowest BCUT2D eigenvalue weighted by Crippen LogP contribution is -2.12. The van der Waals surface area contributed by atoms with Crippen molar-refractivity contribution >= 4 is 11.6 Å². The van der Waals surface area contributed by atoms with Crippen LogP contribution in [0.2, 0.25) is 5.02 Å². The monoisotopic (exact) mass is 276 g/mol. The Labute approximate surface area is 118 Å². The summed E-state index contributed by atoms with van der Waals surface area (Å²) in [6.07, 6.45) is 4.29. The summed E-state index contributed by atoms with van der Waals surface area (Å²) in [5.41, 5.74) is 8.09. The second-order valence-corrected chi connectivity index (χ2v) is 4.70. The Morgan fingerprint density at radius 3 is 2.63 bits per heavy atom. The highest BCUT2D eigenvalue weighted by molar-refractivity contribution is 6.31. The third-order valence-corrected chi connectivity index (χ3v) is 3.17. The Kier molecular flexibility index (Phi) is 4.77. The molecule has 4 heteroatoms. The van der Waals surface area contributed by atoms with Crippen molar-refractivity contribution < 1.29 is 4.74 Å². The second kappa shape index (κ2) is 6.55. The minimum atomic E-state index is -0.254. The Morgan fingerprint density at radius 1 is 1.26 bits per heavy atom. The van der Waals surface area contributed by atoms with Crippen molar-refractivity contribution in [3.8, 4) is 5.75 Å². The highest BCUT2D eigenvalue weighted by atomic mass is 35.5. The Morgan fingerprint density at radius 2 is 2.00 bits per heavy atom. The molecule has 1 aromatic heterocycles. The van der Waals surface area contributed by atoms with Gasteiger partial charge < -0.3 is 10.5 Å². The topological polar surface area (TPSA) is 48.1 Å². The van der Waals surface area contributed by atoms with E-state index in [0.29, 0.717) is 5.02 Å². The van der Waals surface area contributed by atoms with Crippen molar-refractivity contribution in [2.45, 2.75) is 19.4 Å². The summed E-state index contributed by atoms with van der Waals surface area (Å²) in [5.74, 6) is 0.860. The van der Waals surface area contributed by atoms with Gasteiger partial charge in [0.05, 0.1) is 17.7 Å². The van der Waals surface area contributed by atoms with E-state index in [4.69, 9.17) is 22.1 Å². The first kappa shape index (κ1) is 13.8. The van der Waals surface area contributed by atoms with Gasteiger partial charge in [-0.15, -0.1) is 0 Å². The van der Waals surface area contributed by atoms with Crippen LogP contribution in [-0.4, -0.2) is 11.6 Å². The number of hydrogen-bond acceptors (Lipinski definition) is 3. The summed E-state index contributed by atoms with van der Waals surface area (Å²) in [5, 5.41) is 0.585. The van der Waals surface area contributed by atoms with E-state index in [-0.39, 0.29) is 6.04 Å². The van der Waals surface area contributed by atoms with Crippen molar-refractivity contribution in [1.82, 2.24) is 4.98 Å². The van der Waals surface area contributed by atoms with E-state index in [1.54, 1.807) is 12.4 Å². The number of halogens is 1. The van der Waals surface area contributed by atoms with E-state index >= 15 is 0 Å². The van der Waals surface area contributed by atoms with Crippen LogP contribution < -0.4 is 10.5 Å². The van der Waals surface area contributed by atoms with Gasteiger partial charge in [-0.1, -0.05) is 30.7 Å². The maximum atomic E-state index is 6.21. The fourth-order valence-electron chi connectivity index (χ4n) is 1.81. The first-order valence-corrected chi connectivity index (χ1v) is 6.68. The maximum Gasteiger partial charge on any atom is 0.119 e. The van der Waals surface area contributed by atoms with Crippen molar-refractivity contribution in [3.63, 3.8) is 0 Å². The van der Waals surface area contributed by atoms with E-state index in [9.17, 15) is 0 Å². The molecule has 1 aromatic carbocycles. The number of rotatable bonds is 5. The van der Waals surface area contributed by atoms with Gasteiger partial charge >= 0.3 is 0 Å².